The van der Waals surface area contributed by atoms with Crippen molar-refractivity contribution in [3.05, 3.63) is 47.4 Å². The lowest BCUT2D eigenvalue weighted by atomic mass is 10.1. The Morgan fingerprint density at radius 2 is 2.14 bits per heavy atom. The quantitative estimate of drug-likeness (QED) is 0.561. The van der Waals surface area contributed by atoms with E-state index in [0.29, 0.717) is 12.1 Å². The van der Waals surface area contributed by atoms with Gasteiger partial charge in [0.05, 0.1) is 19.9 Å². The van der Waals surface area contributed by atoms with Crippen molar-refractivity contribution in [2.75, 3.05) is 7.11 Å². The molecule has 7 nitrogen and oxygen atoms in total. The molecule has 0 spiro atoms. The normalized spacial score (nSPS) is 15.5. The van der Waals surface area contributed by atoms with Crippen molar-refractivity contribution in [2.24, 2.45) is 0 Å². The molecular weight excluding hydrogens is 390 g/mol. The topological polar surface area (TPSA) is 68.6 Å². The maximum atomic E-state index is 12.7. The molecule has 1 aromatic heterocycles. The summed E-state index contributed by atoms with van der Waals surface area (Å²) in [6, 6.07) is 4.39. The van der Waals surface area contributed by atoms with Crippen LogP contribution in [-0.2, 0) is 17.9 Å². The number of aromatic nitrogens is 2. The highest BCUT2D eigenvalue weighted by Crippen LogP contribution is 2.30. The molecule has 1 aromatic carbocycles. The third kappa shape index (κ3) is 4.28. The van der Waals surface area contributed by atoms with Crippen molar-refractivity contribution in [1.82, 2.24) is 20.0 Å². The van der Waals surface area contributed by atoms with E-state index in [1.807, 2.05) is 13.1 Å². The standard InChI is InChI=1S/C18H18F2N4O3S/c1-3-23-9-12(8-21-23)10-24-16(25)13(22-18(24)28)6-11-4-5-14(27-17(19)20)15(7-11)26-2/h4-9,17H,3,10H2,1-2H3,(H,22,28)/b13-6+. The van der Waals surface area contributed by atoms with Crippen LogP contribution in [0.5, 0.6) is 11.5 Å². The molecule has 2 aromatic rings. The molecule has 1 amide bonds. The zero-order valence-electron chi connectivity index (χ0n) is 15.2. The highest BCUT2D eigenvalue weighted by Gasteiger charge is 2.31. The Kier molecular flexibility index (Phi) is 5.88. The van der Waals surface area contributed by atoms with E-state index >= 15 is 0 Å². The Balaban J connectivity index is 1.79. The maximum absolute atomic E-state index is 12.7. The van der Waals surface area contributed by atoms with Crippen molar-refractivity contribution >= 4 is 29.3 Å². The predicted molar refractivity (Wildman–Crippen MR) is 102 cm³/mol. The number of alkyl halides is 2. The lowest BCUT2D eigenvalue weighted by Crippen LogP contribution is -2.29. The molecule has 28 heavy (non-hydrogen) atoms. The van der Waals surface area contributed by atoms with Gasteiger partial charge in [0.2, 0.25) is 0 Å². The number of thiocarbonyl (C=S) groups is 1. The zero-order valence-corrected chi connectivity index (χ0v) is 16.0. The minimum atomic E-state index is -2.96. The highest BCUT2D eigenvalue weighted by atomic mass is 32.1. The molecule has 0 radical (unpaired) electrons. The van der Waals surface area contributed by atoms with Crippen LogP contribution in [0.25, 0.3) is 6.08 Å². The number of hydrogen-bond acceptors (Lipinski definition) is 5. The number of rotatable bonds is 7. The number of carbonyl (C=O) groups is 1. The summed E-state index contributed by atoms with van der Waals surface area (Å²) in [5, 5.41) is 7.34. The summed E-state index contributed by atoms with van der Waals surface area (Å²) >= 11 is 5.26. The summed E-state index contributed by atoms with van der Waals surface area (Å²) in [5.41, 5.74) is 1.70. The Morgan fingerprint density at radius 3 is 2.79 bits per heavy atom. The lowest BCUT2D eigenvalue weighted by molar-refractivity contribution is -0.122. The van der Waals surface area contributed by atoms with Crippen LogP contribution in [0.15, 0.2) is 36.3 Å². The minimum absolute atomic E-state index is 0.0876. The summed E-state index contributed by atoms with van der Waals surface area (Å²) in [4.78, 5) is 14.1. The summed E-state index contributed by atoms with van der Waals surface area (Å²) in [6.45, 7) is 0.0390. The van der Waals surface area contributed by atoms with Gasteiger partial charge in [0, 0.05) is 18.3 Å². The molecule has 1 aliphatic heterocycles. The molecule has 1 fully saturated rings. The fraction of sp³-hybridized carbons (Fsp3) is 0.278. The molecule has 1 aliphatic rings. The first kappa shape index (κ1) is 19.7. The van der Waals surface area contributed by atoms with E-state index in [4.69, 9.17) is 17.0 Å². The van der Waals surface area contributed by atoms with Crippen molar-refractivity contribution in [3.63, 3.8) is 0 Å². The van der Waals surface area contributed by atoms with Gasteiger partial charge in [-0.15, -0.1) is 0 Å². The zero-order chi connectivity index (χ0) is 20.3. The highest BCUT2D eigenvalue weighted by molar-refractivity contribution is 7.80. The van der Waals surface area contributed by atoms with Crippen molar-refractivity contribution < 1.29 is 23.0 Å². The number of amides is 1. The van der Waals surface area contributed by atoms with Gasteiger partial charge in [-0.2, -0.15) is 13.9 Å². The van der Waals surface area contributed by atoms with E-state index in [1.54, 1.807) is 23.0 Å². The van der Waals surface area contributed by atoms with Crippen molar-refractivity contribution in [3.8, 4) is 11.5 Å². The smallest absolute Gasteiger partial charge is 0.387 e. The minimum Gasteiger partial charge on any atom is -0.493 e. The number of benzene rings is 1. The maximum Gasteiger partial charge on any atom is 0.387 e. The Morgan fingerprint density at radius 1 is 1.36 bits per heavy atom. The average Bonchev–Trinajstić information content (AvgIpc) is 3.22. The first-order valence-electron chi connectivity index (χ1n) is 8.40. The number of hydrogen-bond donors (Lipinski definition) is 1. The molecule has 2 heterocycles. The fourth-order valence-electron chi connectivity index (χ4n) is 2.69. The molecule has 1 N–H and O–H groups in total. The second-order valence-electron chi connectivity index (χ2n) is 5.87. The summed E-state index contributed by atoms with van der Waals surface area (Å²) in [7, 11) is 1.34. The Bertz CT molecular complexity index is 929. The van der Waals surface area contributed by atoms with Gasteiger partial charge in [-0.05, 0) is 42.9 Å². The average molecular weight is 408 g/mol. The van der Waals surface area contributed by atoms with E-state index in [9.17, 15) is 13.6 Å². The second kappa shape index (κ2) is 8.34. The van der Waals surface area contributed by atoms with Crippen molar-refractivity contribution in [2.45, 2.75) is 26.6 Å². The van der Waals surface area contributed by atoms with Crippen LogP contribution < -0.4 is 14.8 Å². The molecule has 0 bridgehead atoms. The largest absolute Gasteiger partial charge is 0.493 e. The first-order chi connectivity index (χ1) is 13.4. The van der Waals surface area contributed by atoms with Crippen LogP contribution in [0.3, 0.4) is 0 Å². The number of aryl methyl sites for hydroxylation is 1. The van der Waals surface area contributed by atoms with E-state index in [2.05, 4.69) is 15.2 Å². The number of nitrogens with zero attached hydrogens (tertiary/aromatic N) is 3. The van der Waals surface area contributed by atoms with Crippen LogP contribution in [0.2, 0.25) is 0 Å². The van der Waals surface area contributed by atoms with E-state index in [1.165, 1.54) is 24.1 Å². The van der Waals surface area contributed by atoms with E-state index in [0.717, 1.165) is 12.1 Å². The molecule has 0 aliphatic carbocycles. The first-order valence-corrected chi connectivity index (χ1v) is 8.80. The van der Waals surface area contributed by atoms with E-state index in [-0.39, 0.29) is 28.2 Å². The number of nitrogens with one attached hydrogen (secondary N) is 1. The van der Waals surface area contributed by atoms with Crippen LogP contribution in [0.1, 0.15) is 18.1 Å². The molecule has 0 atom stereocenters. The molecule has 1 saturated heterocycles. The Hall–Kier alpha value is -3.01. The van der Waals surface area contributed by atoms with Gasteiger partial charge in [-0.25, -0.2) is 0 Å². The number of methoxy groups -OCH3 is 1. The number of carbonyl (C=O) groups excluding carboxylic acids is 1. The van der Waals surface area contributed by atoms with Crippen LogP contribution in [0, 0.1) is 0 Å². The second-order valence-corrected chi connectivity index (χ2v) is 6.26. The summed E-state index contributed by atoms with van der Waals surface area (Å²) < 4.78 is 36.1. The number of halogens is 2. The van der Waals surface area contributed by atoms with Crippen LogP contribution >= 0.6 is 12.2 Å². The van der Waals surface area contributed by atoms with Gasteiger partial charge in [0.15, 0.2) is 16.6 Å². The van der Waals surface area contributed by atoms with Gasteiger partial charge in [0.25, 0.3) is 5.91 Å². The monoisotopic (exact) mass is 408 g/mol. The third-order valence-electron chi connectivity index (χ3n) is 4.03. The van der Waals surface area contributed by atoms with Gasteiger partial charge in [-0.3, -0.25) is 14.4 Å². The fourth-order valence-corrected chi connectivity index (χ4v) is 2.95. The third-order valence-corrected chi connectivity index (χ3v) is 4.35. The summed E-state index contributed by atoms with van der Waals surface area (Å²) in [5.74, 6) is -0.247. The van der Waals surface area contributed by atoms with Gasteiger partial charge in [0.1, 0.15) is 5.70 Å². The van der Waals surface area contributed by atoms with Crippen molar-refractivity contribution in [1.29, 1.82) is 0 Å². The molecule has 148 valence electrons. The lowest BCUT2D eigenvalue weighted by Gasteiger charge is -2.12. The number of ether oxygens (including phenoxy) is 2. The predicted octanol–water partition coefficient (Wildman–Crippen LogP) is 2.77. The SMILES string of the molecule is CCn1cc(CN2C(=O)/C(=C\c3ccc(OC(F)F)c(OC)c3)NC2=S)cn1. The molecule has 0 unspecified atom stereocenters. The van der Waals surface area contributed by atoms with Gasteiger partial charge in [-0.1, -0.05) is 6.07 Å². The molecular formula is C18H18F2N4O3S. The van der Waals surface area contributed by atoms with Crippen LogP contribution in [-0.4, -0.2) is 39.4 Å². The molecule has 3 rings (SSSR count). The van der Waals surface area contributed by atoms with E-state index < -0.39 is 6.61 Å². The van der Waals surface area contributed by atoms with Crippen LogP contribution in [0.4, 0.5) is 8.78 Å². The molecule has 10 heteroatoms. The Labute approximate surface area is 165 Å². The van der Waals surface area contributed by atoms with Gasteiger partial charge >= 0.3 is 6.61 Å². The molecule has 0 saturated carbocycles. The summed E-state index contributed by atoms with van der Waals surface area (Å²) in [6.07, 6.45) is 5.11. The van der Waals surface area contributed by atoms with Gasteiger partial charge < -0.3 is 14.8 Å².